The number of halogens is 5. The summed E-state index contributed by atoms with van der Waals surface area (Å²) in [4.78, 5) is 11.9. The molecule has 3 nitrogen and oxygen atoms in total. The second-order valence-corrected chi connectivity index (χ2v) is 5.81. The van der Waals surface area contributed by atoms with E-state index in [0.29, 0.717) is 5.92 Å². The average molecular weight is 388 g/mol. The first kappa shape index (κ1) is 18.3. The van der Waals surface area contributed by atoms with Crippen LogP contribution in [0.4, 0.5) is 13.2 Å². The fraction of sp³-hybridized carbons (Fsp3) is 0.462. The number of benzene rings is 1. The summed E-state index contributed by atoms with van der Waals surface area (Å²) in [6, 6.07) is 3.27. The Balaban J connectivity index is 0.00000220. The Morgan fingerprint density at radius 1 is 1.43 bits per heavy atom. The summed E-state index contributed by atoms with van der Waals surface area (Å²) >= 11 is 2.98. The van der Waals surface area contributed by atoms with Crippen LogP contribution in [0.2, 0.25) is 0 Å². The third-order valence-corrected chi connectivity index (χ3v) is 3.75. The number of carbonyl (C=O) groups excluding carboxylic acids is 1. The molecule has 118 valence electrons. The average Bonchev–Trinajstić information content (AvgIpc) is 3.18. The normalized spacial score (nSPS) is 16.0. The van der Waals surface area contributed by atoms with Gasteiger partial charge in [-0.05, 0) is 37.0 Å². The van der Waals surface area contributed by atoms with Crippen molar-refractivity contribution in [1.29, 1.82) is 0 Å². The zero-order valence-electron chi connectivity index (χ0n) is 10.9. The van der Waals surface area contributed by atoms with E-state index in [1.54, 1.807) is 0 Å². The van der Waals surface area contributed by atoms with Gasteiger partial charge in [-0.25, -0.2) is 0 Å². The van der Waals surface area contributed by atoms with Gasteiger partial charge in [0.2, 0.25) is 0 Å². The lowest BCUT2D eigenvalue weighted by Crippen LogP contribution is -2.39. The largest absolute Gasteiger partial charge is 0.417 e. The quantitative estimate of drug-likeness (QED) is 0.832. The fourth-order valence-corrected chi connectivity index (χ4v) is 2.31. The molecule has 1 atom stereocenters. The molecule has 8 heteroatoms. The molecule has 0 heterocycles. The number of nitrogens with two attached hydrogens (primary N) is 1. The minimum absolute atomic E-state index is 0. The van der Waals surface area contributed by atoms with E-state index >= 15 is 0 Å². The van der Waals surface area contributed by atoms with Gasteiger partial charge < -0.3 is 11.1 Å². The lowest BCUT2D eigenvalue weighted by atomic mass is 10.1. The van der Waals surface area contributed by atoms with Gasteiger partial charge in [-0.1, -0.05) is 15.9 Å². The van der Waals surface area contributed by atoms with Crippen LogP contribution in [0.1, 0.15) is 28.8 Å². The van der Waals surface area contributed by atoms with E-state index in [0.717, 1.165) is 25.0 Å². The first-order valence-corrected chi connectivity index (χ1v) is 6.99. The van der Waals surface area contributed by atoms with Crippen LogP contribution in [0.5, 0.6) is 0 Å². The van der Waals surface area contributed by atoms with Gasteiger partial charge in [0.05, 0.1) is 11.1 Å². The lowest BCUT2D eigenvalue weighted by Gasteiger charge is -2.15. The van der Waals surface area contributed by atoms with Crippen molar-refractivity contribution in [3.8, 4) is 0 Å². The molecule has 1 unspecified atom stereocenters. The summed E-state index contributed by atoms with van der Waals surface area (Å²) in [5.41, 5.74) is 4.47. The fourth-order valence-electron chi connectivity index (χ4n) is 1.95. The molecule has 0 radical (unpaired) electrons. The SMILES string of the molecule is Cl.NC(CNC(=O)c1ccc(Br)cc1C(F)(F)F)C1CC1. The van der Waals surface area contributed by atoms with Gasteiger partial charge in [0, 0.05) is 17.1 Å². The van der Waals surface area contributed by atoms with Crippen molar-refractivity contribution in [2.45, 2.75) is 25.1 Å². The molecule has 1 aliphatic carbocycles. The predicted molar refractivity (Wildman–Crippen MR) is 79.4 cm³/mol. The van der Waals surface area contributed by atoms with E-state index in [4.69, 9.17) is 5.73 Å². The number of hydrogen-bond donors (Lipinski definition) is 2. The third-order valence-electron chi connectivity index (χ3n) is 3.26. The van der Waals surface area contributed by atoms with E-state index < -0.39 is 17.6 Å². The van der Waals surface area contributed by atoms with Crippen LogP contribution in [-0.4, -0.2) is 18.5 Å². The first-order valence-electron chi connectivity index (χ1n) is 6.19. The van der Waals surface area contributed by atoms with Crippen LogP contribution < -0.4 is 11.1 Å². The minimum Gasteiger partial charge on any atom is -0.350 e. The van der Waals surface area contributed by atoms with Crippen LogP contribution in [0, 0.1) is 5.92 Å². The Bertz CT molecular complexity index is 521. The van der Waals surface area contributed by atoms with E-state index in [-0.39, 0.29) is 35.0 Å². The number of hydrogen-bond acceptors (Lipinski definition) is 2. The highest BCUT2D eigenvalue weighted by molar-refractivity contribution is 9.10. The highest BCUT2D eigenvalue weighted by Crippen LogP contribution is 2.34. The molecule has 3 N–H and O–H groups in total. The van der Waals surface area contributed by atoms with Gasteiger partial charge in [-0.15, -0.1) is 12.4 Å². The molecule has 2 rings (SSSR count). The minimum atomic E-state index is -4.57. The van der Waals surface area contributed by atoms with Crippen molar-refractivity contribution in [2.75, 3.05) is 6.54 Å². The molecule has 0 aromatic heterocycles. The number of alkyl halides is 3. The van der Waals surface area contributed by atoms with Crippen LogP contribution in [-0.2, 0) is 6.18 Å². The van der Waals surface area contributed by atoms with Gasteiger partial charge in [0.15, 0.2) is 0 Å². The topological polar surface area (TPSA) is 55.1 Å². The monoisotopic (exact) mass is 386 g/mol. The summed E-state index contributed by atoms with van der Waals surface area (Å²) in [6.45, 7) is 0.191. The highest BCUT2D eigenvalue weighted by Gasteiger charge is 2.35. The Labute approximate surface area is 135 Å². The Morgan fingerprint density at radius 3 is 2.57 bits per heavy atom. The summed E-state index contributed by atoms with van der Waals surface area (Å²) in [7, 11) is 0. The molecule has 1 amide bonds. The smallest absolute Gasteiger partial charge is 0.350 e. The van der Waals surface area contributed by atoms with Crippen molar-refractivity contribution in [1.82, 2.24) is 5.32 Å². The van der Waals surface area contributed by atoms with Crippen molar-refractivity contribution in [3.63, 3.8) is 0 Å². The maximum atomic E-state index is 12.9. The molecule has 0 bridgehead atoms. The zero-order chi connectivity index (χ0) is 14.9. The molecular weight excluding hydrogens is 373 g/mol. The van der Waals surface area contributed by atoms with Crippen molar-refractivity contribution < 1.29 is 18.0 Å². The molecule has 1 aliphatic rings. The van der Waals surface area contributed by atoms with Gasteiger partial charge >= 0.3 is 6.18 Å². The third kappa shape index (κ3) is 4.86. The summed E-state index contributed by atoms with van der Waals surface area (Å²) in [6.07, 6.45) is -2.54. The second kappa shape index (κ2) is 6.98. The Morgan fingerprint density at radius 2 is 2.05 bits per heavy atom. The number of rotatable bonds is 4. The molecule has 1 aromatic rings. The van der Waals surface area contributed by atoms with Crippen molar-refractivity contribution in [2.24, 2.45) is 11.7 Å². The van der Waals surface area contributed by atoms with E-state index in [2.05, 4.69) is 21.2 Å². The summed E-state index contributed by atoms with van der Waals surface area (Å²) in [5, 5.41) is 2.47. The van der Waals surface area contributed by atoms with Gasteiger partial charge in [-0.3, -0.25) is 4.79 Å². The van der Waals surface area contributed by atoms with E-state index in [1.807, 2.05) is 0 Å². The summed E-state index contributed by atoms with van der Waals surface area (Å²) in [5.74, 6) is -0.372. The van der Waals surface area contributed by atoms with Crippen molar-refractivity contribution in [3.05, 3.63) is 33.8 Å². The van der Waals surface area contributed by atoms with Gasteiger partial charge in [-0.2, -0.15) is 13.2 Å². The van der Waals surface area contributed by atoms with Crippen LogP contribution in [0.25, 0.3) is 0 Å². The molecule has 21 heavy (non-hydrogen) atoms. The predicted octanol–water partition coefficient (Wildman–Crippen LogP) is 3.36. The number of carbonyl (C=O) groups is 1. The Hall–Kier alpha value is -0.790. The molecule has 0 saturated heterocycles. The lowest BCUT2D eigenvalue weighted by molar-refractivity contribution is -0.138. The summed E-state index contributed by atoms with van der Waals surface area (Å²) < 4.78 is 39.0. The van der Waals surface area contributed by atoms with Gasteiger partial charge in [0.1, 0.15) is 0 Å². The molecule has 0 aliphatic heterocycles. The van der Waals surface area contributed by atoms with Crippen LogP contribution in [0.15, 0.2) is 22.7 Å². The van der Waals surface area contributed by atoms with E-state index in [9.17, 15) is 18.0 Å². The number of nitrogens with one attached hydrogen (secondary N) is 1. The highest BCUT2D eigenvalue weighted by atomic mass is 79.9. The van der Waals surface area contributed by atoms with Crippen LogP contribution in [0.3, 0.4) is 0 Å². The standard InChI is InChI=1S/C13H14BrF3N2O.ClH/c14-8-3-4-9(10(5-8)13(15,16)17)12(20)19-6-11(18)7-1-2-7;/h3-5,7,11H,1-2,6,18H2,(H,19,20);1H. The molecule has 1 fully saturated rings. The second-order valence-electron chi connectivity index (χ2n) is 4.90. The van der Waals surface area contributed by atoms with Gasteiger partial charge in [0.25, 0.3) is 5.91 Å². The maximum Gasteiger partial charge on any atom is 0.417 e. The van der Waals surface area contributed by atoms with Crippen molar-refractivity contribution >= 4 is 34.2 Å². The molecular formula is C13H15BrClF3N2O. The molecule has 1 saturated carbocycles. The van der Waals surface area contributed by atoms with Crippen LogP contribution >= 0.6 is 28.3 Å². The zero-order valence-corrected chi connectivity index (χ0v) is 13.3. The number of amides is 1. The first-order chi connectivity index (χ1) is 9.29. The Kier molecular flexibility index (Phi) is 6.07. The molecule has 1 aromatic carbocycles. The maximum absolute atomic E-state index is 12.9. The van der Waals surface area contributed by atoms with E-state index in [1.165, 1.54) is 6.07 Å². The molecule has 0 spiro atoms.